The second-order valence-electron chi connectivity index (χ2n) is 8.00. The molecule has 0 aromatic carbocycles. The Bertz CT molecular complexity index is 715. The Morgan fingerprint density at radius 1 is 1.24 bits per heavy atom. The fourth-order valence-electron chi connectivity index (χ4n) is 4.01. The lowest BCUT2D eigenvalue weighted by molar-refractivity contribution is -0.189. The minimum Gasteiger partial charge on any atom is -0.465 e. The first kappa shape index (κ1) is 21.8. The van der Waals surface area contributed by atoms with Crippen LogP contribution in [0.2, 0.25) is 0 Å². The predicted octanol–water partition coefficient (Wildman–Crippen LogP) is 3.48. The predicted molar refractivity (Wildman–Crippen MR) is 99.7 cm³/mol. The van der Waals surface area contributed by atoms with E-state index in [1.54, 1.807) is 11.0 Å². The summed E-state index contributed by atoms with van der Waals surface area (Å²) in [6.07, 6.45) is -2.20. The molecule has 1 saturated carbocycles. The molecular weight excluding hydrogens is 389 g/mol. The van der Waals surface area contributed by atoms with Gasteiger partial charge in [-0.05, 0) is 52.0 Å². The highest BCUT2D eigenvalue weighted by molar-refractivity contribution is 5.99. The van der Waals surface area contributed by atoms with E-state index in [9.17, 15) is 23.1 Å². The first-order chi connectivity index (χ1) is 13.6. The van der Waals surface area contributed by atoms with E-state index in [4.69, 9.17) is 9.47 Å². The zero-order valence-electron chi connectivity index (χ0n) is 16.7. The van der Waals surface area contributed by atoms with Gasteiger partial charge in [-0.1, -0.05) is 0 Å². The number of carbonyl (C=O) groups excluding carboxylic acids is 1. The second kappa shape index (κ2) is 8.10. The fourth-order valence-corrected chi connectivity index (χ4v) is 4.01. The van der Waals surface area contributed by atoms with Crippen molar-refractivity contribution in [2.75, 3.05) is 24.7 Å². The van der Waals surface area contributed by atoms with E-state index in [-0.39, 0.29) is 18.4 Å². The zero-order chi connectivity index (χ0) is 21.3. The van der Waals surface area contributed by atoms with Crippen molar-refractivity contribution >= 4 is 11.6 Å². The summed E-state index contributed by atoms with van der Waals surface area (Å²) in [7, 11) is 0. The largest absolute Gasteiger partial charge is 0.465 e. The molecule has 1 aromatic heterocycles. The molecule has 1 amide bonds. The number of hydrogen-bond donors (Lipinski definition) is 1. The van der Waals surface area contributed by atoms with E-state index in [2.05, 4.69) is 4.98 Å². The standard InChI is InChI=1S/C20H27F3N2O4/c1-3-28-13-19(27)8-6-18(7-9-19)10-11-25(17(18)26)15-4-5-16(24-12-15)29-14(2)20(21,22)23/h4-5,12,14,27H,3,6-11,13H2,1-2H3/t14-,18-,19+/m0/s1. The van der Waals surface area contributed by atoms with Crippen LogP contribution in [0.4, 0.5) is 18.9 Å². The normalized spacial score (nSPS) is 28.8. The number of aliphatic hydroxyl groups is 1. The monoisotopic (exact) mass is 416 g/mol. The minimum absolute atomic E-state index is 0.0184. The number of alkyl halides is 3. The van der Waals surface area contributed by atoms with Gasteiger partial charge in [-0.2, -0.15) is 13.2 Å². The molecule has 6 nitrogen and oxygen atoms in total. The van der Waals surface area contributed by atoms with E-state index in [1.807, 2.05) is 6.92 Å². The molecule has 1 aromatic rings. The number of ether oxygens (including phenoxy) is 2. The van der Waals surface area contributed by atoms with Crippen molar-refractivity contribution in [2.24, 2.45) is 5.41 Å². The molecule has 2 heterocycles. The third-order valence-electron chi connectivity index (χ3n) is 6.02. The molecule has 29 heavy (non-hydrogen) atoms. The smallest absolute Gasteiger partial charge is 0.425 e. The fraction of sp³-hybridized carbons (Fsp3) is 0.700. The van der Waals surface area contributed by atoms with Gasteiger partial charge in [0.1, 0.15) is 0 Å². The molecule has 0 bridgehead atoms. The van der Waals surface area contributed by atoms with Gasteiger partial charge in [0.2, 0.25) is 11.8 Å². The van der Waals surface area contributed by atoms with Crippen molar-refractivity contribution in [3.8, 4) is 5.88 Å². The first-order valence-electron chi connectivity index (χ1n) is 9.90. The molecule has 1 saturated heterocycles. The number of nitrogens with zero attached hydrogens (tertiary/aromatic N) is 2. The lowest BCUT2D eigenvalue weighted by Gasteiger charge is -2.40. The maximum atomic E-state index is 13.1. The lowest BCUT2D eigenvalue weighted by Crippen LogP contribution is -2.45. The molecule has 1 atom stereocenters. The molecule has 0 radical (unpaired) electrons. The van der Waals surface area contributed by atoms with Gasteiger partial charge in [-0.15, -0.1) is 0 Å². The summed E-state index contributed by atoms with van der Waals surface area (Å²) >= 11 is 0. The van der Waals surface area contributed by atoms with Crippen molar-refractivity contribution in [1.82, 2.24) is 4.98 Å². The Kier molecular flexibility index (Phi) is 6.10. The van der Waals surface area contributed by atoms with E-state index in [1.165, 1.54) is 12.3 Å². The maximum Gasteiger partial charge on any atom is 0.425 e. The number of aromatic nitrogens is 1. The number of amides is 1. The molecule has 2 fully saturated rings. The molecule has 162 valence electrons. The van der Waals surface area contributed by atoms with E-state index in [0.29, 0.717) is 50.9 Å². The summed E-state index contributed by atoms with van der Waals surface area (Å²) in [5.74, 6) is -0.159. The first-order valence-corrected chi connectivity index (χ1v) is 9.90. The van der Waals surface area contributed by atoms with Crippen molar-refractivity contribution in [3.63, 3.8) is 0 Å². The van der Waals surface area contributed by atoms with Crippen LogP contribution in [0, 0.1) is 5.41 Å². The third kappa shape index (κ3) is 4.66. The summed E-state index contributed by atoms with van der Waals surface area (Å²) in [4.78, 5) is 18.7. The number of rotatable bonds is 6. The van der Waals surface area contributed by atoms with Gasteiger partial charge in [0.25, 0.3) is 0 Å². The van der Waals surface area contributed by atoms with E-state index < -0.39 is 23.3 Å². The van der Waals surface area contributed by atoms with Crippen molar-refractivity contribution < 1.29 is 32.5 Å². The average molecular weight is 416 g/mol. The molecule has 1 N–H and O–H groups in total. The molecule has 3 rings (SSSR count). The Morgan fingerprint density at radius 3 is 2.48 bits per heavy atom. The summed E-state index contributed by atoms with van der Waals surface area (Å²) in [5.41, 5.74) is -0.850. The average Bonchev–Trinajstić information content (AvgIpc) is 2.99. The summed E-state index contributed by atoms with van der Waals surface area (Å²) in [6, 6.07) is 2.90. The van der Waals surface area contributed by atoms with Gasteiger partial charge in [-0.3, -0.25) is 4.79 Å². The highest BCUT2D eigenvalue weighted by atomic mass is 19.4. The number of anilines is 1. The topological polar surface area (TPSA) is 71.9 Å². The molecule has 9 heteroatoms. The third-order valence-corrected chi connectivity index (χ3v) is 6.02. The highest BCUT2D eigenvalue weighted by Crippen LogP contribution is 2.48. The van der Waals surface area contributed by atoms with Crippen LogP contribution in [-0.4, -0.2) is 53.6 Å². The van der Waals surface area contributed by atoms with Crippen LogP contribution in [0.1, 0.15) is 46.0 Å². The Labute approximate surface area is 168 Å². The Morgan fingerprint density at radius 2 is 1.93 bits per heavy atom. The molecular formula is C20H27F3N2O4. The van der Waals surface area contributed by atoms with Crippen LogP contribution in [-0.2, 0) is 9.53 Å². The van der Waals surface area contributed by atoms with Crippen LogP contribution in [0.5, 0.6) is 5.88 Å². The second-order valence-corrected chi connectivity index (χ2v) is 8.00. The molecule has 1 spiro atoms. The van der Waals surface area contributed by atoms with Gasteiger partial charge >= 0.3 is 6.18 Å². The van der Waals surface area contributed by atoms with Crippen LogP contribution < -0.4 is 9.64 Å². The summed E-state index contributed by atoms with van der Waals surface area (Å²) in [6.45, 7) is 4.12. The van der Waals surface area contributed by atoms with Crippen molar-refractivity contribution in [3.05, 3.63) is 18.3 Å². The highest BCUT2D eigenvalue weighted by Gasteiger charge is 2.51. The van der Waals surface area contributed by atoms with E-state index in [0.717, 1.165) is 6.92 Å². The zero-order valence-corrected chi connectivity index (χ0v) is 16.7. The molecule has 0 unspecified atom stereocenters. The minimum atomic E-state index is -4.47. The lowest BCUT2D eigenvalue weighted by atomic mass is 9.68. The summed E-state index contributed by atoms with van der Waals surface area (Å²) in [5, 5.41) is 10.6. The van der Waals surface area contributed by atoms with Gasteiger partial charge in [0.15, 0.2) is 6.10 Å². The van der Waals surface area contributed by atoms with Crippen LogP contribution >= 0.6 is 0 Å². The molecule has 1 aliphatic carbocycles. The van der Waals surface area contributed by atoms with Crippen molar-refractivity contribution in [1.29, 1.82) is 0 Å². The summed E-state index contributed by atoms with van der Waals surface area (Å²) < 4.78 is 48.0. The van der Waals surface area contributed by atoms with Gasteiger partial charge < -0.3 is 19.5 Å². The van der Waals surface area contributed by atoms with Gasteiger partial charge in [-0.25, -0.2) is 4.98 Å². The van der Waals surface area contributed by atoms with E-state index >= 15 is 0 Å². The van der Waals surface area contributed by atoms with Gasteiger partial charge in [0, 0.05) is 19.2 Å². The number of hydrogen-bond acceptors (Lipinski definition) is 5. The maximum absolute atomic E-state index is 13.1. The number of halogens is 3. The van der Waals surface area contributed by atoms with Crippen LogP contribution in [0.15, 0.2) is 18.3 Å². The number of carbonyl (C=O) groups is 1. The molecule has 2 aliphatic rings. The van der Waals surface area contributed by atoms with Crippen LogP contribution in [0.3, 0.4) is 0 Å². The van der Waals surface area contributed by atoms with Crippen molar-refractivity contribution in [2.45, 2.75) is 63.8 Å². The molecule has 1 aliphatic heterocycles. The Balaban J connectivity index is 1.63. The Hall–Kier alpha value is -1.87. The quantitative estimate of drug-likeness (QED) is 0.769. The van der Waals surface area contributed by atoms with Crippen LogP contribution in [0.25, 0.3) is 0 Å². The number of pyridine rings is 1. The van der Waals surface area contributed by atoms with Gasteiger partial charge in [0.05, 0.1) is 29.5 Å². The SMILES string of the molecule is CCOC[C@]1(O)CC[C@]2(CCN(c3ccc(O[C@@H](C)C(F)(F)F)nc3)C2=O)CC1.